The topological polar surface area (TPSA) is 74.6 Å². The number of phenolic OH excluding ortho intramolecular Hbond substituents is 1. The predicted octanol–water partition coefficient (Wildman–Crippen LogP) is 1.29. The minimum absolute atomic E-state index is 0.0419. The van der Waals surface area contributed by atoms with E-state index in [-0.39, 0.29) is 12.2 Å². The van der Waals surface area contributed by atoms with E-state index in [2.05, 4.69) is 0 Å². The van der Waals surface area contributed by atoms with Crippen molar-refractivity contribution in [1.82, 2.24) is 0 Å². The number of carbonyl (C=O) groups excluding carboxylic acids is 1. The van der Waals surface area contributed by atoms with Crippen LogP contribution in [-0.4, -0.2) is 22.0 Å². The van der Waals surface area contributed by atoms with Gasteiger partial charge in [-0.1, -0.05) is 18.2 Å². The van der Waals surface area contributed by atoms with Crippen LogP contribution in [0.1, 0.15) is 17.5 Å². The second-order valence-corrected chi connectivity index (χ2v) is 3.37. The lowest BCUT2D eigenvalue weighted by Gasteiger charge is -2.05. The van der Waals surface area contributed by atoms with Crippen molar-refractivity contribution in [3.05, 3.63) is 29.3 Å². The molecule has 4 heteroatoms. The van der Waals surface area contributed by atoms with E-state index in [9.17, 15) is 14.7 Å². The summed E-state index contributed by atoms with van der Waals surface area (Å²) in [6, 6.07) is 5.06. The maximum atomic E-state index is 11.2. The molecule has 0 fully saturated rings. The number of aryl methyl sites for hydroxylation is 1. The standard InChI is InChI=1S/C11H12O4/c1-7-3-2-4-8(11(7)15)5-9(12)6-10(13)14/h2-4,15H,5-6H2,1H3,(H,13,14). The van der Waals surface area contributed by atoms with Crippen LogP contribution in [-0.2, 0) is 16.0 Å². The number of carboxylic acids is 1. The van der Waals surface area contributed by atoms with Gasteiger partial charge in [-0.3, -0.25) is 9.59 Å². The lowest BCUT2D eigenvalue weighted by molar-refractivity contribution is -0.140. The van der Waals surface area contributed by atoms with Gasteiger partial charge in [0.05, 0.1) is 0 Å². The van der Waals surface area contributed by atoms with E-state index >= 15 is 0 Å². The van der Waals surface area contributed by atoms with Crippen molar-refractivity contribution < 1.29 is 19.8 Å². The highest BCUT2D eigenvalue weighted by molar-refractivity contribution is 5.96. The monoisotopic (exact) mass is 208 g/mol. The zero-order valence-corrected chi connectivity index (χ0v) is 8.36. The molecular formula is C11H12O4. The van der Waals surface area contributed by atoms with E-state index in [0.717, 1.165) is 0 Å². The van der Waals surface area contributed by atoms with Crippen LogP contribution in [0, 0.1) is 6.92 Å². The summed E-state index contributed by atoms with van der Waals surface area (Å²) in [5.41, 5.74) is 1.15. The third-order valence-electron chi connectivity index (χ3n) is 2.06. The number of Topliss-reactive ketones (excluding diaryl/α,β-unsaturated/α-hetero) is 1. The molecule has 0 heterocycles. The molecule has 0 aromatic heterocycles. The van der Waals surface area contributed by atoms with Gasteiger partial charge in [-0.25, -0.2) is 0 Å². The van der Waals surface area contributed by atoms with Crippen LogP contribution in [0.15, 0.2) is 18.2 Å². The third kappa shape index (κ3) is 3.09. The quantitative estimate of drug-likeness (QED) is 0.731. The summed E-state index contributed by atoms with van der Waals surface area (Å²) in [6.07, 6.45) is -0.548. The average molecular weight is 208 g/mol. The average Bonchev–Trinajstić information content (AvgIpc) is 2.11. The summed E-state index contributed by atoms with van der Waals surface area (Å²) < 4.78 is 0. The van der Waals surface area contributed by atoms with Crippen molar-refractivity contribution in [2.24, 2.45) is 0 Å². The highest BCUT2D eigenvalue weighted by Gasteiger charge is 2.11. The number of rotatable bonds is 4. The van der Waals surface area contributed by atoms with Gasteiger partial charge in [0, 0.05) is 12.0 Å². The molecule has 80 valence electrons. The Bertz CT molecular complexity index is 396. The molecule has 0 atom stereocenters. The second kappa shape index (κ2) is 4.59. The molecule has 0 saturated carbocycles. The number of carbonyl (C=O) groups is 2. The van der Waals surface area contributed by atoms with Gasteiger partial charge in [-0.2, -0.15) is 0 Å². The zero-order valence-electron chi connectivity index (χ0n) is 8.36. The molecule has 0 amide bonds. The molecule has 15 heavy (non-hydrogen) atoms. The summed E-state index contributed by atoms with van der Waals surface area (Å²) in [5, 5.41) is 18.0. The maximum absolute atomic E-state index is 11.2. The summed E-state index contributed by atoms with van der Waals surface area (Å²) in [4.78, 5) is 21.5. The molecule has 0 aliphatic rings. The molecule has 1 aromatic carbocycles. The van der Waals surface area contributed by atoms with Crippen LogP contribution in [0.4, 0.5) is 0 Å². The number of benzene rings is 1. The van der Waals surface area contributed by atoms with Crippen molar-refractivity contribution in [3.8, 4) is 5.75 Å². The van der Waals surface area contributed by atoms with E-state index in [4.69, 9.17) is 5.11 Å². The van der Waals surface area contributed by atoms with E-state index in [1.807, 2.05) is 0 Å². The molecule has 0 aliphatic carbocycles. The van der Waals surface area contributed by atoms with Crippen molar-refractivity contribution in [2.75, 3.05) is 0 Å². The molecule has 0 bridgehead atoms. The maximum Gasteiger partial charge on any atom is 0.310 e. The van der Waals surface area contributed by atoms with Gasteiger partial charge < -0.3 is 10.2 Å². The Morgan fingerprint density at radius 2 is 2.00 bits per heavy atom. The minimum Gasteiger partial charge on any atom is -0.507 e. The lowest BCUT2D eigenvalue weighted by Crippen LogP contribution is -2.09. The van der Waals surface area contributed by atoms with Crippen molar-refractivity contribution >= 4 is 11.8 Å². The van der Waals surface area contributed by atoms with Crippen molar-refractivity contribution in [3.63, 3.8) is 0 Å². The largest absolute Gasteiger partial charge is 0.507 e. The SMILES string of the molecule is Cc1cccc(CC(=O)CC(=O)O)c1O. The molecule has 0 spiro atoms. The van der Waals surface area contributed by atoms with Gasteiger partial charge in [-0.05, 0) is 12.5 Å². The first kappa shape index (κ1) is 11.2. The van der Waals surface area contributed by atoms with Crippen LogP contribution < -0.4 is 0 Å². The smallest absolute Gasteiger partial charge is 0.310 e. The second-order valence-electron chi connectivity index (χ2n) is 3.37. The highest BCUT2D eigenvalue weighted by Crippen LogP contribution is 2.22. The van der Waals surface area contributed by atoms with Crippen LogP contribution in [0.5, 0.6) is 5.75 Å². The third-order valence-corrected chi connectivity index (χ3v) is 2.06. The number of hydrogen-bond acceptors (Lipinski definition) is 3. The first-order valence-electron chi connectivity index (χ1n) is 4.51. The molecule has 0 unspecified atom stereocenters. The van der Waals surface area contributed by atoms with Crippen molar-refractivity contribution in [1.29, 1.82) is 0 Å². The first-order valence-corrected chi connectivity index (χ1v) is 4.51. The number of ketones is 1. The normalized spacial score (nSPS) is 9.93. The van der Waals surface area contributed by atoms with Crippen LogP contribution >= 0.6 is 0 Å². The number of aliphatic carboxylic acids is 1. The van der Waals surface area contributed by atoms with E-state index < -0.39 is 18.2 Å². The van der Waals surface area contributed by atoms with E-state index in [1.54, 1.807) is 25.1 Å². The highest BCUT2D eigenvalue weighted by atomic mass is 16.4. The molecule has 1 rings (SSSR count). The van der Waals surface area contributed by atoms with Crippen LogP contribution in [0.2, 0.25) is 0 Å². The fourth-order valence-corrected chi connectivity index (χ4v) is 1.31. The molecule has 4 nitrogen and oxygen atoms in total. The Balaban J connectivity index is 2.77. The van der Waals surface area contributed by atoms with Gasteiger partial charge >= 0.3 is 5.97 Å². The van der Waals surface area contributed by atoms with Gasteiger partial charge in [-0.15, -0.1) is 0 Å². The Labute approximate surface area is 87.2 Å². The van der Waals surface area contributed by atoms with E-state index in [1.165, 1.54) is 0 Å². The molecule has 2 N–H and O–H groups in total. The van der Waals surface area contributed by atoms with Gasteiger partial charge in [0.25, 0.3) is 0 Å². The number of aromatic hydroxyl groups is 1. The fourth-order valence-electron chi connectivity index (χ4n) is 1.31. The number of para-hydroxylation sites is 1. The van der Waals surface area contributed by atoms with Crippen LogP contribution in [0.3, 0.4) is 0 Å². The number of carboxylic acid groups (broad SMARTS) is 1. The Morgan fingerprint density at radius 3 is 2.60 bits per heavy atom. The summed E-state index contributed by atoms with van der Waals surface area (Å²) >= 11 is 0. The minimum atomic E-state index is -1.15. The number of phenols is 1. The Kier molecular flexibility index (Phi) is 3.44. The zero-order chi connectivity index (χ0) is 11.4. The van der Waals surface area contributed by atoms with Gasteiger partial charge in [0.2, 0.25) is 0 Å². The predicted molar refractivity (Wildman–Crippen MR) is 53.8 cm³/mol. The molecule has 0 aliphatic heterocycles. The fraction of sp³-hybridized carbons (Fsp3) is 0.273. The lowest BCUT2D eigenvalue weighted by atomic mass is 10.0. The molecular weight excluding hydrogens is 196 g/mol. The summed E-state index contributed by atoms with van der Waals surface area (Å²) in [6.45, 7) is 1.72. The molecule has 1 aromatic rings. The molecule has 0 radical (unpaired) electrons. The van der Waals surface area contributed by atoms with Gasteiger partial charge in [0.15, 0.2) is 0 Å². The van der Waals surface area contributed by atoms with Gasteiger partial charge in [0.1, 0.15) is 18.0 Å². The first-order chi connectivity index (χ1) is 7.00. The van der Waals surface area contributed by atoms with E-state index in [0.29, 0.717) is 11.1 Å². The number of hydrogen-bond donors (Lipinski definition) is 2. The van der Waals surface area contributed by atoms with Crippen molar-refractivity contribution in [2.45, 2.75) is 19.8 Å². The van der Waals surface area contributed by atoms with Crippen LogP contribution in [0.25, 0.3) is 0 Å². The summed E-state index contributed by atoms with van der Waals surface area (Å²) in [7, 11) is 0. The molecule has 0 saturated heterocycles. The Hall–Kier alpha value is -1.84. The Morgan fingerprint density at radius 1 is 1.33 bits per heavy atom. The summed E-state index contributed by atoms with van der Waals surface area (Å²) in [5.74, 6) is -1.49.